The second-order valence-electron chi connectivity index (χ2n) is 19.7. The molecule has 2 aliphatic heterocycles. The molecule has 0 bridgehead atoms. The summed E-state index contributed by atoms with van der Waals surface area (Å²) in [5.74, 6) is -6.71. The molecule has 2 saturated heterocycles. The first-order valence-electron chi connectivity index (χ1n) is 23.9. The second-order valence-corrected chi connectivity index (χ2v) is 19.7. The number of nitrogens with zero attached hydrogens (tertiary/aromatic N) is 1. The Bertz CT molecular complexity index is 1720. The topological polar surface area (TPSA) is 217 Å². The Morgan fingerprint density at radius 1 is 0.877 bits per heavy atom. The molecule has 3 aliphatic rings. The van der Waals surface area contributed by atoms with Crippen molar-refractivity contribution in [1.82, 2.24) is 4.90 Å². The lowest BCUT2D eigenvalue weighted by molar-refractivity contribution is -0.265. The number of hydrogen-bond acceptors (Lipinski definition) is 12. The van der Waals surface area contributed by atoms with E-state index in [2.05, 4.69) is 13.8 Å². The third kappa shape index (κ3) is 15.9. The summed E-state index contributed by atoms with van der Waals surface area (Å²) < 4.78 is 16.8. The highest BCUT2D eigenvalue weighted by Gasteiger charge is 2.52. The van der Waals surface area contributed by atoms with Crippen LogP contribution in [0, 0.1) is 41.4 Å². The average molecular weight is 916 g/mol. The van der Waals surface area contributed by atoms with Crippen LogP contribution < -0.4 is 0 Å². The Labute approximate surface area is 387 Å². The monoisotopic (exact) mass is 916 g/mol. The van der Waals surface area contributed by atoms with Crippen molar-refractivity contribution in [1.29, 1.82) is 0 Å². The van der Waals surface area contributed by atoms with E-state index in [-0.39, 0.29) is 48.9 Å². The van der Waals surface area contributed by atoms with Crippen LogP contribution in [-0.2, 0) is 38.2 Å². The van der Waals surface area contributed by atoms with E-state index in [0.29, 0.717) is 61.5 Å². The van der Waals surface area contributed by atoms with E-state index >= 15 is 0 Å². The van der Waals surface area contributed by atoms with E-state index in [9.17, 15) is 49.5 Å². The van der Waals surface area contributed by atoms with Gasteiger partial charge in [-0.2, -0.15) is 0 Å². The summed E-state index contributed by atoms with van der Waals surface area (Å²) in [6.45, 7) is 15.0. The summed E-state index contributed by atoms with van der Waals surface area (Å²) in [7, 11) is 3.04. The van der Waals surface area contributed by atoms with E-state index in [0.717, 1.165) is 30.6 Å². The number of hydrogen-bond donors (Lipinski definition) is 5. The van der Waals surface area contributed by atoms with E-state index < -0.39 is 77.8 Å². The summed E-state index contributed by atoms with van der Waals surface area (Å²) in [4.78, 5) is 66.1. The molecule has 0 spiro atoms. The van der Waals surface area contributed by atoms with Gasteiger partial charge in [-0.25, -0.2) is 4.79 Å². The number of carboxylic acid groups (broad SMARTS) is 1. The van der Waals surface area contributed by atoms with Crippen molar-refractivity contribution in [2.24, 2.45) is 41.4 Å². The van der Waals surface area contributed by atoms with Crippen molar-refractivity contribution >= 4 is 29.2 Å². The number of carboxylic acids is 1. The molecule has 1 aliphatic carbocycles. The van der Waals surface area contributed by atoms with Crippen molar-refractivity contribution in [2.45, 2.75) is 181 Å². The van der Waals surface area contributed by atoms with Crippen LogP contribution in [0.5, 0.6) is 0 Å². The smallest absolute Gasteiger partial charge is 0.326 e. The van der Waals surface area contributed by atoms with Crippen LogP contribution in [0.4, 0.5) is 0 Å². The third-order valence-electron chi connectivity index (χ3n) is 14.4. The Kier molecular flexibility index (Phi) is 22.6. The van der Waals surface area contributed by atoms with Gasteiger partial charge in [-0.05, 0) is 113 Å². The largest absolute Gasteiger partial charge is 0.480 e. The highest BCUT2D eigenvalue weighted by Crippen LogP contribution is 2.37. The van der Waals surface area contributed by atoms with Gasteiger partial charge in [-0.1, -0.05) is 78.0 Å². The molecule has 0 radical (unpaired) electrons. The minimum atomic E-state index is -2.43. The number of carbonyl (C=O) groups is 5. The van der Waals surface area contributed by atoms with E-state index in [1.165, 1.54) is 7.11 Å². The molecule has 5 N–H and O–H groups in total. The number of allylic oxidation sites excluding steroid dienone is 6. The van der Waals surface area contributed by atoms with Gasteiger partial charge >= 0.3 is 5.97 Å². The van der Waals surface area contributed by atoms with Crippen LogP contribution in [0.3, 0.4) is 0 Å². The fourth-order valence-electron chi connectivity index (χ4n) is 9.67. The lowest BCUT2D eigenvalue weighted by Gasteiger charge is -2.42. The summed E-state index contributed by atoms with van der Waals surface area (Å²) in [6, 6.07) is -1.14. The van der Waals surface area contributed by atoms with Crippen molar-refractivity contribution in [3.05, 3.63) is 47.6 Å². The Balaban J connectivity index is 1.48. The van der Waals surface area contributed by atoms with Gasteiger partial charge in [0.1, 0.15) is 24.0 Å². The maximum Gasteiger partial charge on any atom is 0.326 e. The molecular formula is C51H81NO13. The van der Waals surface area contributed by atoms with Gasteiger partial charge in [0, 0.05) is 51.4 Å². The molecule has 15 atom stereocenters. The number of ketones is 3. The zero-order valence-corrected chi connectivity index (χ0v) is 40.7. The number of likely N-dealkylation sites (tertiary alicyclic amines) is 1. The van der Waals surface area contributed by atoms with Crippen LogP contribution >= 0.6 is 0 Å². The summed E-state index contributed by atoms with van der Waals surface area (Å²) in [5, 5.41) is 53.3. The predicted octanol–water partition coefficient (Wildman–Crippen LogP) is 6.32. The van der Waals surface area contributed by atoms with Gasteiger partial charge in [-0.3, -0.25) is 19.2 Å². The minimum absolute atomic E-state index is 0.00204. The fraction of sp³-hybridized carbons (Fsp3) is 0.745. The van der Waals surface area contributed by atoms with E-state index in [1.54, 1.807) is 52.2 Å². The Morgan fingerprint density at radius 2 is 1.57 bits per heavy atom. The van der Waals surface area contributed by atoms with Gasteiger partial charge in [0.25, 0.3) is 11.7 Å². The highest BCUT2D eigenvalue weighted by atomic mass is 16.6. The van der Waals surface area contributed by atoms with Gasteiger partial charge in [0.15, 0.2) is 5.78 Å². The lowest BCUT2D eigenvalue weighted by atomic mass is 9.76. The molecule has 65 heavy (non-hydrogen) atoms. The molecule has 1 saturated carbocycles. The molecule has 0 aromatic rings. The average Bonchev–Trinajstić information content (AvgIpc) is 3.27. The number of methoxy groups -OCH3 is 2. The van der Waals surface area contributed by atoms with Gasteiger partial charge in [0.05, 0.1) is 24.4 Å². The quantitative estimate of drug-likeness (QED) is 0.0408. The summed E-state index contributed by atoms with van der Waals surface area (Å²) >= 11 is 0. The number of aliphatic hydroxyl groups excluding tert-OH is 3. The van der Waals surface area contributed by atoms with Crippen molar-refractivity contribution in [2.75, 3.05) is 20.8 Å². The maximum absolute atomic E-state index is 13.5. The molecule has 3 rings (SSSR count). The number of amides is 1. The molecule has 0 aromatic carbocycles. The molecule has 14 heteroatoms. The molecule has 1 amide bonds. The molecule has 2 unspecified atom stereocenters. The standard InChI is InChI=1S/C51H81NO13/c1-30(16-12-11-13-17-31(2)43(55)29-39-21-19-37(8)51(62,65-39)48(58)49(59)52-23-15-14-18-40(52)50(60)61)24-35(6)45(56)47(64-10)46(57)36(7)25-34(5)42(54)27-33(4)32(3)26-38-20-22-41(53)44(28-38)63-9/h11-13,16-17,25,30,32-35,37-41,43-44,46-47,53,55,57,62H,14-15,18-24,26-29H2,1-10H3,(H,60,61)/b13-11+,16-12+,31-17+,36-25+/t30-,32-,33+,34-,35-,37-,38+,39+,40+,41-,43?,44-,46-,47+,51?/m1/s1. The number of piperidine rings is 1. The second kappa shape index (κ2) is 26.2. The number of carbonyl (C=O) groups excluding carboxylic acids is 4. The van der Waals surface area contributed by atoms with Crippen LogP contribution in [0.15, 0.2) is 47.6 Å². The summed E-state index contributed by atoms with van der Waals surface area (Å²) in [5.41, 5.74) is 1.12. The Morgan fingerprint density at radius 3 is 2.22 bits per heavy atom. The van der Waals surface area contributed by atoms with Crippen LogP contribution in [0.25, 0.3) is 0 Å². The normalized spacial score (nSPS) is 29.7. The molecule has 2 heterocycles. The molecule has 14 nitrogen and oxygen atoms in total. The number of aliphatic carboxylic acids is 1. The van der Waals surface area contributed by atoms with Crippen molar-refractivity contribution in [3.63, 3.8) is 0 Å². The first-order chi connectivity index (χ1) is 30.5. The van der Waals surface area contributed by atoms with Crippen LogP contribution in [0.1, 0.15) is 132 Å². The lowest BCUT2D eigenvalue weighted by Crippen LogP contribution is -2.60. The fourth-order valence-corrected chi connectivity index (χ4v) is 9.67. The predicted molar refractivity (Wildman–Crippen MR) is 247 cm³/mol. The number of aliphatic hydroxyl groups is 4. The zero-order valence-electron chi connectivity index (χ0n) is 40.7. The van der Waals surface area contributed by atoms with Crippen molar-refractivity contribution < 1.29 is 63.7 Å². The van der Waals surface area contributed by atoms with Gasteiger partial charge in [0.2, 0.25) is 5.79 Å². The molecule has 368 valence electrons. The molecular weight excluding hydrogens is 835 g/mol. The molecule has 3 fully saturated rings. The Hall–Kier alpha value is -3.37. The van der Waals surface area contributed by atoms with E-state index in [1.807, 2.05) is 32.9 Å². The van der Waals surface area contributed by atoms with Crippen molar-refractivity contribution in [3.8, 4) is 0 Å². The van der Waals surface area contributed by atoms with Gasteiger partial charge < -0.3 is 44.6 Å². The number of ether oxygens (including phenoxy) is 3. The summed E-state index contributed by atoms with van der Waals surface area (Å²) in [6.07, 6.45) is 12.9. The number of rotatable bonds is 24. The van der Waals surface area contributed by atoms with Gasteiger partial charge in [-0.15, -0.1) is 0 Å². The number of Topliss-reactive ketones (excluding diaryl/α,β-unsaturated/α-hetero) is 3. The molecule has 0 aromatic heterocycles. The van der Waals surface area contributed by atoms with E-state index in [4.69, 9.17) is 14.2 Å². The maximum atomic E-state index is 13.5. The van der Waals surface area contributed by atoms with Crippen LogP contribution in [-0.4, -0.2) is 129 Å². The SMILES string of the molecule is CO[C@@H]1C[C@H](C[C@@H](C)[C@@H](C)CC(=O)[C@H](C)/C=C(\C)[C@@H](O)[C@@H](OC)C(=O)[C@H](C)C[C@H](C)/C=C/C=C/C=C(\C)C(O)C[C@@H]2CC[C@@H](C)C(O)(C(=O)C(=O)N3CCCC[C@H]3C(=O)O)O2)CC[C@H]1O. The minimum Gasteiger partial charge on any atom is -0.480 e. The third-order valence-corrected chi connectivity index (χ3v) is 14.4. The zero-order chi connectivity index (χ0) is 48.8. The highest BCUT2D eigenvalue weighted by molar-refractivity contribution is 6.39. The first-order valence-corrected chi connectivity index (χ1v) is 23.9. The first kappa shape index (κ1) is 56.0. The van der Waals surface area contributed by atoms with Crippen LogP contribution in [0.2, 0.25) is 0 Å².